The molecule has 1 unspecified atom stereocenters. The molecule has 20 heavy (non-hydrogen) atoms. The van der Waals surface area contributed by atoms with Gasteiger partial charge in [-0.1, -0.05) is 50.1 Å². The highest BCUT2D eigenvalue weighted by molar-refractivity contribution is 5.76. The molecule has 0 aliphatic carbocycles. The molecule has 3 nitrogen and oxygen atoms in total. The van der Waals surface area contributed by atoms with Crippen LogP contribution in [0, 0.1) is 0 Å². The summed E-state index contributed by atoms with van der Waals surface area (Å²) in [7, 11) is 0. The van der Waals surface area contributed by atoms with Gasteiger partial charge >= 0.3 is 0 Å². The maximum absolute atomic E-state index is 11.9. The lowest BCUT2D eigenvalue weighted by molar-refractivity contribution is -0.121. The van der Waals surface area contributed by atoms with E-state index in [1.165, 1.54) is 5.56 Å². The van der Waals surface area contributed by atoms with Crippen molar-refractivity contribution < 1.29 is 4.79 Å². The van der Waals surface area contributed by atoms with Crippen LogP contribution < -0.4 is 11.1 Å². The third-order valence-electron chi connectivity index (χ3n) is 3.54. The highest BCUT2D eigenvalue weighted by atomic mass is 16.1. The van der Waals surface area contributed by atoms with Crippen molar-refractivity contribution in [2.24, 2.45) is 5.73 Å². The van der Waals surface area contributed by atoms with Gasteiger partial charge in [0.2, 0.25) is 5.91 Å². The van der Waals surface area contributed by atoms with Crippen LogP contribution >= 0.6 is 0 Å². The zero-order valence-corrected chi connectivity index (χ0v) is 12.6. The highest BCUT2D eigenvalue weighted by Gasteiger charge is 2.10. The highest BCUT2D eigenvalue weighted by Crippen LogP contribution is 2.07. The van der Waals surface area contributed by atoms with E-state index < -0.39 is 0 Å². The minimum Gasteiger partial charge on any atom is -0.353 e. The van der Waals surface area contributed by atoms with Gasteiger partial charge in [0, 0.05) is 12.5 Å². The second-order valence-corrected chi connectivity index (χ2v) is 5.32. The van der Waals surface area contributed by atoms with Crippen molar-refractivity contribution in [3.63, 3.8) is 0 Å². The van der Waals surface area contributed by atoms with Crippen molar-refractivity contribution in [3.8, 4) is 0 Å². The zero-order chi connectivity index (χ0) is 14.6. The Morgan fingerprint density at radius 2 is 1.85 bits per heavy atom. The molecule has 0 aliphatic rings. The molecule has 0 bridgehead atoms. The lowest BCUT2D eigenvalue weighted by Crippen LogP contribution is -2.35. The Bertz CT molecular complexity index is 365. The maximum Gasteiger partial charge on any atom is 0.220 e. The molecule has 3 heteroatoms. The molecule has 0 saturated heterocycles. The van der Waals surface area contributed by atoms with E-state index in [1.807, 2.05) is 18.2 Å². The Morgan fingerprint density at radius 1 is 1.15 bits per heavy atom. The van der Waals surface area contributed by atoms with E-state index in [0.29, 0.717) is 6.42 Å². The molecular formula is C17H28N2O. The first-order valence-electron chi connectivity index (χ1n) is 7.79. The van der Waals surface area contributed by atoms with Gasteiger partial charge in [0.25, 0.3) is 0 Å². The van der Waals surface area contributed by atoms with Crippen LogP contribution in [0.5, 0.6) is 0 Å². The Labute approximate surface area is 122 Å². The molecule has 0 heterocycles. The predicted molar refractivity (Wildman–Crippen MR) is 84.5 cm³/mol. The summed E-state index contributed by atoms with van der Waals surface area (Å²) in [6.45, 7) is 2.87. The summed E-state index contributed by atoms with van der Waals surface area (Å²) in [5, 5.41) is 3.14. The van der Waals surface area contributed by atoms with E-state index in [-0.39, 0.29) is 11.9 Å². The van der Waals surface area contributed by atoms with Crippen molar-refractivity contribution >= 4 is 5.91 Å². The van der Waals surface area contributed by atoms with E-state index in [9.17, 15) is 4.79 Å². The van der Waals surface area contributed by atoms with Crippen LogP contribution in [0.4, 0.5) is 0 Å². The third kappa shape index (κ3) is 7.29. The van der Waals surface area contributed by atoms with Crippen molar-refractivity contribution in [2.75, 3.05) is 6.54 Å². The minimum absolute atomic E-state index is 0.181. The molecule has 0 fully saturated rings. The number of benzene rings is 1. The van der Waals surface area contributed by atoms with Crippen LogP contribution in [0.2, 0.25) is 0 Å². The molecule has 112 valence electrons. The Morgan fingerprint density at radius 3 is 2.50 bits per heavy atom. The van der Waals surface area contributed by atoms with Gasteiger partial charge in [0.15, 0.2) is 0 Å². The van der Waals surface area contributed by atoms with Crippen LogP contribution in [0.3, 0.4) is 0 Å². The number of hydrogen-bond acceptors (Lipinski definition) is 2. The van der Waals surface area contributed by atoms with Crippen molar-refractivity contribution in [1.29, 1.82) is 0 Å². The molecule has 0 aromatic heterocycles. The average molecular weight is 276 g/mol. The minimum atomic E-state index is 0.181. The quantitative estimate of drug-likeness (QED) is 0.645. The van der Waals surface area contributed by atoms with Gasteiger partial charge in [-0.3, -0.25) is 4.79 Å². The Hall–Kier alpha value is -1.35. The summed E-state index contributed by atoms with van der Waals surface area (Å²) in [6.07, 6.45) is 6.77. The van der Waals surface area contributed by atoms with Crippen LogP contribution in [-0.2, 0) is 11.2 Å². The summed E-state index contributed by atoms with van der Waals surface area (Å²) in [6, 6.07) is 10.6. The third-order valence-corrected chi connectivity index (χ3v) is 3.54. The second-order valence-electron chi connectivity index (χ2n) is 5.32. The number of carbonyl (C=O) groups is 1. The van der Waals surface area contributed by atoms with Crippen LogP contribution in [0.1, 0.15) is 51.0 Å². The van der Waals surface area contributed by atoms with Crippen LogP contribution in [0.25, 0.3) is 0 Å². The molecule has 1 aromatic rings. The first-order valence-corrected chi connectivity index (χ1v) is 7.79. The number of hydrogen-bond donors (Lipinski definition) is 2. The molecule has 1 rings (SSSR count). The summed E-state index contributed by atoms with van der Waals surface area (Å²) in [5.74, 6) is 0.181. The number of nitrogens with one attached hydrogen (secondary N) is 1. The molecule has 0 spiro atoms. The average Bonchev–Trinajstić information content (AvgIpc) is 2.47. The van der Waals surface area contributed by atoms with Gasteiger partial charge in [-0.15, -0.1) is 0 Å². The summed E-state index contributed by atoms with van der Waals surface area (Å²) < 4.78 is 0. The fraction of sp³-hybridized carbons (Fsp3) is 0.588. The molecule has 1 atom stereocenters. The topological polar surface area (TPSA) is 55.1 Å². The van der Waals surface area contributed by atoms with E-state index >= 15 is 0 Å². The fourth-order valence-electron chi connectivity index (χ4n) is 2.28. The number of rotatable bonds is 10. The van der Waals surface area contributed by atoms with Gasteiger partial charge in [0.05, 0.1) is 0 Å². The SMILES string of the molecule is CCC(Cc1ccccc1)NC(=O)CCCCCCN. The van der Waals surface area contributed by atoms with Gasteiger partial charge in [0.1, 0.15) is 0 Å². The number of unbranched alkanes of at least 4 members (excludes halogenated alkanes) is 3. The molecule has 3 N–H and O–H groups in total. The smallest absolute Gasteiger partial charge is 0.220 e. The zero-order valence-electron chi connectivity index (χ0n) is 12.6. The summed E-state index contributed by atoms with van der Waals surface area (Å²) in [4.78, 5) is 11.9. The normalized spacial score (nSPS) is 12.1. The van der Waals surface area contributed by atoms with Crippen LogP contribution in [-0.4, -0.2) is 18.5 Å². The van der Waals surface area contributed by atoms with E-state index in [1.54, 1.807) is 0 Å². The first-order chi connectivity index (χ1) is 9.76. The number of nitrogens with two attached hydrogens (primary N) is 1. The Kier molecular flexibility index (Phi) is 8.72. The summed E-state index contributed by atoms with van der Waals surface area (Å²) >= 11 is 0. The van der Waals surface area contributed by atoms with E-state index in [4.69, 9.17) is 5.73 Å². The van der Waals surface area contributed by atoms with E-state index in [2.05, 4.69) is 24.4 Å². The molecule has 1 aromatic carbocycles. The number of carbonyl (C=O) groups excluding carboxylic acids is 1. The van der Waals surface area contributed by atoms with Crippen molar-refractivity contribution in [1.82, 2.24) is 5.32 Å². The standard InChI is InChI=1S/C17H28N2O/c1-2-16(14-15-10-6-5-7-11-15)19-17(20)12-8-3-4-9-13-18/h5-7,10-11,16H,2-4,8-9,12-14,18H2,1H3,(H,19,20). The molecule has 0 saturated carbocycles. The van der Waals surface area contributed by atoms with Gasteiger partial charge in [-0.05, 0) is 37.8 Å². The maximum atomic E-state index is 11.9. The van der Waals surface area contributed by atoms with Gasteiger partial charge in [-0.2, -0.15) is 0 Å². The lowest BCUT2D eigenvalue weighted by atomic mass is 10.0. The van der Waals surface area contributed by atoms with Crippen molar-refractivity contribution in [2.45, 2.75) is 57.9 Å². The second kappa shape index (κ2) is 10.4. The van der Waals surface area contributed by atoms with Gasteiger partial charge in [-0.25, -0.2) is 0 Å². The molecule has 1 amide bonds. The monoisotopic (exact) mass is 276 g/mol. The van der Waals surface area contributed by atoms with E-state index in [0.717, 1.165) is 45.1 Å². The lowest BCUT2D eigenvalue weighted by Gasteiger charge is -2.17. The summed E-state index contributed by atoms with van der Waals surface area (Å²) in [5.41, 5.74) is 6.73. The largest absolute Gasteiger partial charge is 0.353 e. The predicted octanol–water partition coefficient (Wildman–Crippen LogP) is 3.03. The van der Waals surface area contributed by atoms with Crippen molar-refractivity contribution in [3.05, 3.63) is 35.9 Å². The first kappa shape index (κ1) is 16.7. The van der Waals surface area contributed by atoms with Gasteiger partial charge < -0.3 is 11.1 Å². The molecule has 0 radical (unpaired) electrons. The van der Waals surface area contributed by atoms with Crippen LogP contribution in [0.15, 0.2) is 30.3 Å². The number of amides is 1. The fourth-order valence-corrected chi connectivity index (χ4v) is 2.28. The Balaban J connectivity index is 2.24. The molecular weight excluding hydrogens is 248 g/mol. The molecule has 0 aliphatic heterocycles.